The predicted molar refractivity (Wildman–Crippen MR) is 171 cm³/mol. The van der Waals surface area contributed by atoms with Crippen molar-refractivity contribution in [2.45, 2.75) is 70.1 Å². The highest BCUT2D eigenvalue weighted by atomic mass is 32.1. The number of pyridine rings is 1. The van der Waals surface area contributed by atoms with E-state index in [1.165, 1.54) is 0 Å². The number of likely N-dealkylation sites (tertiary alicyclic amines) is 1. The number of carboxylic acid groups (broad SMARTS) is 1. The van der Waals surface area contributed by atoms with Crippen molar-refractivity contribution in [1.29, 1.82) is 0 Å². The Kier molecular flexibility index (Phi) is 9.02. The Balaban J connectivity index is 1.10. The lowest BCUT2D eigenvalue weighted by Crippen LogP contribution is -2.38. The molecular weight excluding hydrogens is 576 g/mol. The SMILES string of the molecule is CC(=O)c1ccc(COc2cccc(C3CCN(Cc4nc5ccc(C(=O)O)cc5n4C[C@H](S)C4CCO4)CC3)n2)c(C)c1. The van der Waals surface area contributed by atoms with Crippen LogP contribution in [0.15, 0.2) is 54.6 Å². The average molecular weight is 615 g/mol. The van der Waals surface area contributed by atoms with Gasteiger partial charge in [-0.2, -0.15) is 12.6 Å². The zero-order valence-electron chi connectivity index (χ0n) is 25.1. The summed E-state index contributed by atoms with van der Waals surface area (Å²) in [5.74, 6) is 0.959. The fourth-order valence-corrected chi connectivity index (χ4v) is 6.44. The summed E-state index contributed by atoms with van der Waals surface area (Å²) in [6.45, 7) is 7.81. The summed E-state index contributed by atoms with van der Waals surface area (Å²) in [7, 11) is 0. The van der Waals surface area contributed by atoms with Gasteiger partial charge in [-0.15, -0.1) is 0 Å². The lowest BCUT2D eigenvalue weighted by molar-refractivity contribution is -0.0521. The van der Waals surface area contributed by atoms with Gasteiger partial charge in [0.2, 0.25) is 5.88 Å². The van der Waals surface area contributed by atoms with E-state index >= 15 is 0 Å². The highest BCUT2D eigenvalue weighted by molar-refractivity contribution is 7.81. The zero-order chi connectivity index (χ0) is 30.8. The number of nitrogens with zero attached hydrogens (tertiary/aromatic N) is 4. The number of ether oxygens (including phenoxy) is 2. The molecule has 0 radical (unpaired) electrons. The van der Waals surface area contributed by atoms with Gasteiger partial charge in [0.05, 0.1) is 29.2 Å². The Labute approximate surface area is 262 Å². The number of benzene rings is 2. The van der Waals surface area contributed by atoms with Crippen molar-refractivity contribution in [3.05, 3.63) is 88.4 Å². The van der Waals surface area contributed by atoms with Gasteiger partial charge in [-0.3, -0.25) is 9.69 Å². The van der Waals surface area contributed by atoms with Crippen LogP contribution >= 0.6 is 12.6 Å². The molecule has 2 fully saturated rings. The minimum atomic E-state index is -0.950. The second kappa shape index (κ2) is 13.1. The fourth-order valence-electron chi connectivity index (χ4n) is 6.05. The quantitative estimate of drug-likeness (QED) is 0.164. The van der Waals surface area contributed by atoms with Crippen molar-refractivity contribution < 1.29 is 24.2 Å². The lowest BCUT2D eigenvalue weighted by Gasteiger charge is -2.33. The van der Waals surface area contributed by atoms with Gasteiger partial charge in [-0.25, -0.2) is 14.8 Å². The first-order valence-corrected chi connectivity index (χ1v) is 15.7. The van der Waals surface area contributed by atoms with E-state index < -0.39 is 5.97 Å². The van der Waals surface area contributed by atoms with Crippen LogP contribution in [-0.4, -0.2) is 67.3 Å². The molecule has 9 nitrogen and oxygen atoms in total. The number of aromatic carboxylic acids is 1. The van der Waals surface area contributed by atoms with Crippen molar-refractivity contribution in [3.8, 4) is 5.88 Å². The van der Waals surface area contributed by atoms with Gasteiger partial charge in [0, 0.05) is 41.6 Å². The number of Topliss-reactive ketones (excluding diaryl/α,β-unsaturated/α-hetero) is 1. The number of rotatable bonds is 11. The minimum absolute atomic E-state index is 0.00325. The summed E-state index contributed by atoms with van der Waals surface area (Å²) in [5.41, 5.74) is 5.67. The first-order valence-electron chi connectivity index (χ1n) is 15.2. The number of carboxylic acids is 1. The third-order valence-corrected chi connectivity index (χ3v) is 9.34. The second-order valence-electron chi connectivity index (χ2n) is 11.8. The normalized spacial score (nSPS) is 18.2. The van der Waals surface area contributed by atoms with Gasteiger partial charge in [0.15, 0.2) is 5.78 Å². The van der Waals surface area contributed by atoms with Crippen molar-refractivity contribution in [1.82, 2.24) is 19.4 Å². The Morgan fingerprint density at radius 2 is 1.84 bits per heavy atom. The maximum Gasteiger partial charge on any atom is 0.335 e. The molecule has 1 N–H and O–H groups in total. The zero-order valence-corrected chi connectivity index (χ0v) is 26.0. The van der Waals surface area contributed by atoms with E-state index in [0.717, 1.165) is 72.6 Å². The molecule has 2 aromatic carbocycles. The molecule has 2 saturated heterocycles. The van der Waals surface area contributed by atoms with Crippen LogP contribution < -0.4 is 4.74 Å². The number of carbonyl (C=O) groups excluding carboxylic acids is 1. The molecule has 6 rings (SSSR count). The van der Waals surface area contributed by atoms with E-state index in [0.29, 0.717) is 37.1 Å². The molecule has 2 aliphatic heterocycles. The van der Waals surface area contributed by atoms with Gasteiger partial charge < -0.3 is 19.1 Å². The molecule has 44 heavy (non-hydrogen) atoms. The first kappa shape index (κ1) is 30.3. The van der Waals surface area contributed by atoms with Gasteiger partial charge in [0.1, 0.15) is 12.4 Å². The third-order valence-electron chi connectivity index (χ3n) is 8.85. The standard InChI is InChI=1S/C34H38N4O5S/c1-21-16-24(22(2)39)6-7-26(21)20-43-33-5-3-4-27(36-33)23-10-13-37(14-11-23)19-32-35-28-9-8-25(34(40)41)17-29(28)38(32)18-31(44)30-12-15-42-30/h3-9,16-17,23,30-31,44H,10-15,18-20H2,1-2H3,(H,40,41)/t30?,31-/m0/s1. The number of piperidine rings is 1. The highest BCUT2D eigenvalue weighted by Gasteiger charge is 2.29. The fraction of sp³-hybridized carbons (Fsp3) is 0.412. The van der Waals surface area contributed by atoms with E-state index in [1.807, 2.05) is 37.3 Å². The van der Waals surface area contributed by atoms with Crippen molar-refractivity contribution in [2.24, 2.45) is 0 Å². The number of aryl methyl sites for hydroxylation is 1. The van der Waals surface area contributed by atoms with Crippen LogP contribution in [0.2, 0.25) is 0 Å². The maximum atomic E-state index is 11.7. The largest absolute Gasteiger partial charge is 0.478 e. The summed E-state index contributed by atoms with van der Waals surface area (Å²) in [5, 5.41) is 9.58. The topological polar surface area (TPSA) is 107 Å². The summed E-state index contributed by atoms with van der Waals surface area (Å²) in [4.78, 5) is 35.5. The van der Waals surface area contributed by atoms with Crippen molar-refractivity contribution >= 4 is 35.4 Å². The van der Waals surface area contributed by atoms with E-state index in [4.69, 9.17) is 32.1 Å². The lowest BCUT2D eigenvalue weighted by atomic mass is 9.93. The van der Waals surface area contributed by atoms with Gasteiger partial charge in [-0.1, -0.05) is 18.2 Å². The molecule has 0 saturated carbocycles. The van der Waals surface area contributed by atoms with Gasteiger partial charge in [-0.05, 0) is 87.7 Å². The molecule has 0 amide bonds. The highest BCUT2D eigenvalue weighted by Crippen LogP contribution is 2.30. The summed E-state index contributed by atoms with van der Waals surface area (Å²) < 4.78 is 13.9. The summed E-state index contributed by atoms with van der Waals surface area (Å²) in [6.07, 6.45) is 3.02. The smallest absolute Gasteiger partial charge is 0.335 e. The number of fused-ring (bicyclic) bond motifs is 1. The van der Waals surface area contributed by atoms with E-state index in [2.05, 4.69) is 15.5 Å². The van der Waals surface area contributed by atoms with Crippen molar-refractivity contribution in [3.63, 3.8) is 0 Å². The van der Waals surface area contributed by atoms with E-state index in [-0.39, 0.29) is 22.7 Å². The van der Waals surface area contributed by atoms with Crippen LogP contribution in [-0.2, 0) is 24.4 Å². The van der Waals surface area contributed by atoms with Gasteiger partial charge in [0.25, 0.3) is 0 Å². The molecule has 2 atom stereocenters. The number of carbonyl (C=O) groups is 2. The molecule has 0 bridgehead atoms. The molecule has 10 heteroatoms. The molecule has 2 aromatic heterocycles. The van der Waals surface area contributed by atoms with Crippen LogP contribution in [0.3, 0.4) is 0 Å². The molecule has 2 aliphatic rings. The predicted octanol–water partition coefficient (Wildman–Crippen LogP) is 5.69. The number of imidazole rings is 1. The molecule has 4 heterocycles. The minimum Gasteiger partial charge on any atom is -0.478 e. The van der Waals surface area contributed by atoms with Gasteiger partial charge >= 0.3 is 5.97 Å². The Hall–Kier alpha value is -3.73. The molecule has 230 valence electrons. The third kappa shape index (κ3) is 6.67. The monoisotopic (exact) mass is 614 g/mol. The van der Waals surface area contributed by atoms with Crippen LogP contribution in [0.4, 0.5) is 0 Å². The Morgan fingerprint density at radius 3 is 2.52 bits per heavy atom. The van der Waals surface area contributed by atoms with Crippen LogP contribution in [0.25, 0.3) is 11.0 Å². The number of thiol groups is 1. The molecule has 4 aromatic rings. The maximum absolute atomic E-state index is 11.7. The summed E-state index contributed by atoms with van der Waals surface area (Å²) >= 11 is 4.83. The molecule has 0 spiro atoms. The van der Waals surface area contributed by atoms with E-state index in [1.54, 1.807) is 25.1 Å². The van der Waals surface area contributed by atoms with E-state index in [9.17, 15) is 14.7 Å². The number of aromatic nitrogens is 3. The Bertz CT molecular complexity index is 1680. The number of hydrogen-bond acceptors (Lipinski definition) is 8. The van der Waals surface area contributed by atoms with Crippen LogP contribution in [0, 0.1) is 6.92 Å². The molecule has 0 aliphatic carbocycles. The first-order chi connectivity index (χ1) is 21.2. The number of ketones is 1. The second-order valence-corrected chi connectivity index (χ2v) is 12.5. The Morgan fingerprint density at radius 1 is 1.07 bits per heavy atom. The molecular formula is C34H38N4O5S. The van der Waals surface area contributed by atoms with Crippen LogP contribution in [0.5, 0.6) is 5.88 Å². The van der Waals surface area contributed by atoms with Crippen LogP contribution in [0.1, 0.15) is 75.5 Å². The van der Waals surface area contributed by atoms with Crippen molar-refractivity contribution in [2.75, 3.05) is 19.7 Å². The summed E-state index contributed by atoms with van der Waals surface area (Å²) in [6, 6.07) is 16.8. The average Bonchev–Trinajstić information content (AvgIpc) is 3.31. The number of hydrogen-bond donors (Lipinski definition) is 2. The molecule has 1 unspecified atom stereocenters.